The molecule has 0 aliphatic carbocycles. The number of benzene rings is 1. The average Bonchev–Trinajstić information content (AvgIpc) is 2.73. The minimum Gasteiger partial charge on any atom is -0.493 e. The van der Waals surface area contributed by atoms with Gasteiger partial charge in [-0.25, -0.2) is 0 Å². The second-order valence-corrected chi connectivity index (χ2v) is 6.34. The van der Waals surface area contributed by atoms with E-state index < -0.39 is 5.97 Å². The van der Waals surface area contributed by atoms with Gasteiger partial charge in [-0.05, 0) is 35.4 Å². The number of rotatable bonds is 4. The molecule has 1 aliphatic heterocycles. The summed E-state index contributed by atoms with van der Waals surface area (Å²) in [5.41, 5.74) is 2.26. The van der Waals surface area contributed by atoms with E-state index in [0.29, 0.717) is 6.42 Å². The molecule has 0 radical (unpaired) electrons. The molecule has 1 aliphatic rings. The highest BCUT2D eigenvalue weighted by Crippen LogP contribution is 2.31. The van der Waals surface area contributed by atoms with Crippen LogP contribution >= 0.6 is 0 Å². The van der Waals surface area contributed by atoms with E-state index in [1.165, 1.54) is 11.1 Å². The van der Waals surface area contributed by atoms with E-state index in [2.05, 4.69) is 6.07 Å². The molecule has 104 valence electrons. The van der Waals surface area contributed by atoms with E-state index >= 15 is 0 Å². The van der Waals surface area contributed by atoms with Crippen LogP contribution in [-0.2, 0) is 17.6 Å². The van der Waals surface area contributed by atoms with E-state index in [9.17, 15) is 9.90 Å². The van der Waals surface area contributed by atoms with Gasteiger partial charge in [0.15, 0.2) is 0 Å². The molecule has 0 fully saturated rings. The van der Waals surface area contributed by atoms with Crippen LogP contribution in [0.4, 0.5) is 0 Å². The van der Waals surface area contributed by atoms with E-state index in [-0.39, 0.29) is 11.3 Å². The van der Waals surface area contributed by atoms with Crippen LogP contribution in [0.1, 0.15) is 38.3 Å². The van der Waals surface area contributed by atoms with Crippen molar-refractivity contribution in [2.24, 2.45) is 11.3 Å². The second kappa shape index (κ2) is 5.24. The van der Waals surface area contributed by atoms with E-state index in [1.807, 2.05) is 32.9 Å². The highest BCUT2D eigenvalue weighted by molar-refractivity contribution is 5.70. The van der Waals surface area contributed by atoms with Gasteiger partial charge in [-0.3, -0.25) is 4.79 Å². The molecule has 1 N–H and O–H groups in total. The van der Waals surface area contributed by atoms with Gasteiger partial charge in [0.25, 0.3) is 0 Å². The molecule has 3 heteroatoms. The smallest absolute Gasteiger partial charge is 0.307 e. The molecule has 0 spiro atoms. The van der Waals surface area contributed by atoms with Gasteiger partial charge >= 0.3 is 5.97 Å². The van der Waals surface area contributed by atoms with Crippen molar-refractivity contribution in [3.8, 4) is 5.75 Å². The van der Waals surface area contributed by atoms with E-state index in [1.54, 1.807) is 0 Å². The van der Waals surface area contributed by atoms with Gasteiger partial charge in [-0.1, -0.05) is 32.9 Å². The minimum absolute atomic E-state index is 0.203. The van der Waals surface area contributed by atoms with Crippen LogP contribution < -0.4 is 4.74 Å². The first-order valence-corrected chi connectivity index (χ1v) is 6.85. The van der Waals surface area contributed by atoms with Crippen molar-refractivity contribution in [2.75, 3.05) is 6.61 Å². The fraction of sp³-hybridized carbons (Fsp3) is 0.562. The van der Waals surface area contributed by atoms with Crippen LogP contribution in [0.5, 0.6) is 5.75 Å². The minimum atomic E-state index is -0.697. The summed E-state index contributed by atoms with van der Waals surface area (Å²) < 4.78 is 5.48. The molecular formula is C16H22O3. The van der Waals surface area contributed by atoms with Crippen molar-refractivity contribution in [3.05, 3.63) is 29.3 Å². The third kappa shape index (κ3) is 3.28. The standard InChI is InChI=1S/C16H22O3/c1-16(2,3)13(15(17)18)6-4-11-5-7-14-12(10-11)8-9-19-14/h5,7,10,13H,4,6,8-9H2,1-3H3,(H,17,18). The lowest BCUT2D eigenvalue weighted by molar-refractivity contribution is -0.145. The topological polar surface area (TPSA) is 46.5 Å². The van der Waals surface area contributed by atoms with Crippen LogP contribution in [0.2, 0.25) is 0 Å². The van der Waals surface area contributed by atoms with Gasteiger partial charge in [0.1, 0.15) is 5.75 Å². The number of aliphatic carboxylic acids is 1. The Bertz CT molecular complexity index is 471. The van der Waals surface area contributed by atoms with Gasteiger partial charge < -0.3 is 9.84 Å². The first-order chi connectivity index (χ1) is 8.88. The molecule has 0 saturated heterocycles. The molecule has 3 nitrogen and oxygen atoms in total. The molecule has 1 heterocycles. The monoisotopic (exact) mass is 262 g/mol. The van der Waals surface area contributed by atoms with Crippen molar-refractivity contribution >= 4 is 5.97 Å². The number of carboxylic acids is 1. The van der Waals surface area contributed by atoms with E-state index in [0.717, 1.165) is 25.2 Å². The van der Waals surface area contributed by atoms with Crippen molar-refractivity contribution in [3.63, 3.8) is 0 Å². The third-order valence-corrected chi connectivity index (χ3v) is 3.82. The molecule has 0 aromatic heterocycles. The van der Waals surface area contributed by atoms with Gasteiger partial charge in [0.2, 0.25) is 0 Å². The largest absolute Gasteiger partial charge is 0.493 e. The molecule has 0 saturated carbocycles. The molecule has 2 rings (SSSR count). The number of carboxylic acid groups (broad SMARTS) is 1. The maximum Gasteiger partial charge on any atom is 0.307 e. The van der Waals surface area contributed by atoms with Crippen molar-refractivity contribution in [1.82, 2.24) is 0 Å². The number of carbonyl (C=O) groups is 1. The van der Waals surface area contributed by atoms with Gasteiger partial charge in [0, 0.05) is 6.42 Å². The molecule has 1 unspecified atom stereocenters. The Kier molecular flexibility index (Phi) is 3.83. The summed E-state index contributed by atoms with van der Waals surface area (Å²) in [5.74, 6) is -0.0247. The molecule has 0 amide bonds. The van der Waals surface area contributed by atoms with Crippen molar-refractivity contribution < 1.29 is 14.6 Å². The molecular weight excluding hydrogens is 240 g/mol. The van der Waals surface area contributed by atoms with Gasteiger partial charge in [0.05, 0.1) is 12.5 Å². The molecule has 0 bridgehead atoms. The predicted molar refractivity (Wildman–Crippen MR) is 74.5 cm³/mol. The Morgan fingerprint density at radius 3 is 2.79 bits per heavy atom. The van der Waals surface area contributed by atoms with Crippen LogP contribution in [0.25, 0.3) is 0 Å². The lowest BCUT2D eigenvalue weighted by Gasteiger charge is -2.27. The summed E-state index contributed by atoms with van der Waals surface area (Å²) >= 11 is 0. The molecule has 19 heavy (non-hydrogen) atoms. The Balaban J connectivity index is 2.03. The maximum atomic E-state index is 11.3. The van der Waals surface area contributed by atoms with Crippen molar-refractivity contribution in [1.29, 1.82) is 0 Å². The summed E-state index contributed by atoms with van der Waals surface area (Å²) in [6, 6.07) is 6.21. The van der Waals surface area contributed by atoms with Crippen LogP contribution in [0.3, 0.4) is 0 Å². The zero-order valence-electron chi connectivity index (χ0n) is 11.9. The van der Waals surface area contributed by atoms with Crippen molar-refractivity contribution in [2.45, 2.75) is 40.0 Å². The molecule has 1 atom stereocenters. The number of hydrogen-bond donors (Lipinski definition) is 1. The van der Waals surface area contributed by atoms with Gasteiger partial charge in [-0.2, -0.15) is 0 Å². The van der Waals surface area contributed by atoms with Gasteiger partial charge in [-0.15, -0.1) is 0 Å². The van der Waals surface area contributed by atoms with E-state index in [4.69, 9.17) is 4.74 Å². The highest BCUT2D eigenvalue weighted by Gasteiger charge is 2.30. The zero-order chi connectivity index (χ0) is 14.0. The maximum absolute atomic E-state index is 11.3. The Labute approximate surface area is 114 Å². The number of hydrogen-bond acceptors (Lipinski definition) is 2. The summed E-state index contributed by atoms with van der Waals surface area (Å²) in [6.45, 7) is 6.73. The summed E-state index contributed by atoms with van der Waals surface area (Å²) in [5, 5.41) is 9.32. The second-order valence-electron chi connectivity index (χ2n) is 6.34. The predicted octanol–water partition coefficient (Wildman–Crippen LogP) is 3.30. The molecule has 1 aromatic carbocycles. The zero-order valence-corrected chi connectivity index (χ0v) is 11.9. The summed E-state index contributed by atoms with van der Waals surface area (Å²) in [7, 11) is 0. The Hall–Kier alpha value is -1.51. The Morgan fingerprint density at radius 1 is 1.42 bits per heavy atom. The van der Waals surface area contributed by atoms with Crippen LogP contribution in [0, 0.1) is 11.3 Å². The number of fused-ring (bicyclic) bond motifs is 1. The quantitative estimate of drug-likeness (QED) is 0.905. The number of aryl methyl sites for hydroxylation is 1. The lowest BCUT2D eigenvalue weighted by atomic mass is 9.77. The highest BCUT2D eigenvalue weighted by atomic mass is 16.5. The molecule has 1 aromatic rings. The third-order valence-electron chi connectivity index (χ3n) is 3.82. The fourth-order valence-electron chi connectivity index (χ4n) is 2.63. The average molecular weight is 262 g/mol. The number of ether oxygens (including phenoxy) is 1. The SMILES string of the molecule is CC(C)(C)C(CCc1ccc2c(c1)CCO2)C(=O)O. The first-order valence-electron chi connectivity index (χ1n) is 6.85. The van der Waals surface area contributed by atoms with Crippen LogP contribution in [0.15, 0.2) is 18.2 Å². The Morgan fingerprint density at radius 2 is 2.16 bits per heavy atom. The lowest BCUT2D eigenvalue weighted by Crippen LogP contribution is -2.28. The fourth-order valence-corrected chi connectivity index (χ4v) is 2.63. The first kappa shape index (κ1) is 13.9. The summed E-state index contributed by atoms with van der Waals surface area (Å²) in [4.78, 5) is 11.3. The van der Waals surface area contributed by atoms with Crippen LogP contribution in [-0.4, -0.2) is 17.7 Å². The summed E-state index contributed by atoms with van der Waals surface area (Å²) in [6.07, 6.45) is 2.45. The normalized spacial score (nSPS) is 15.7.